The minimum absolute atomic E-state index is 0. The summed E-state index contributed by atoms with van der Waals surface area (Å²) in [7, 11) is -8.69. The quantitative estimate of drug-likeness (QED) is 0.00202. The van der Waals surface area contributed by atoms with Crippen LogP contribution in [0.3, 0.4) is 0 Å². The third kappa shape index (κ3) is 40.1. The molecule has 34 nitrogen and oxygen atoms in total. The van der Waals surface area contributed by atoms with Gasteiger partial charge < -0.3 is 86.9 Å². The standard InChI is InChI=1S/C34H50NO8PSi.C28H36NO9P.C20H28O5Si.C15H22NO6P.C2H4O3.CH4/c1-9-31(36)41-26(4)42-44(38,43-27-14-11-10-12-15-27)20-19-35-22-24(2)17-18-29-28(16-13-21-45(6,7)8)32-30(23-40-34(32)37)25(3)33(29)39-5;1-6-24(30)36-20(4)37-39(33,38-21-10-8-7-9-11-21)15-14-29-16-18(2)12-13-22-26(31)25-23(17-35-28(25)32)19(3)27(22)34-5;1-13(11-21)7-8-15-18(23-3)14(2)16-12-25-20(22)17(16)19(15)24-9-10-26(4,5)6;1-4-20-15(18)12(2)21-23(19,11-10-16-13(3)17)22-14-8-6-5-7-9-14;1-2(3)5-4;/h10-12,14-15,17,26,35H,9,13,16,18-23H2,1-8H3;7-12,20,29,31H,6,13-17H2,1-5H3;7,11H,8-10,12H2,1-6H3;5-9,12H,4,10-11H2,1-3H3,(H,16,17);4H,1H3;1H4/b24-17+;18-12+;13-7+;;;/t26-,44?;20-,39?;;12-,23?;;/m00.0../s1. The van der Waals surface area contributed by atoms with Crippen LogP contribution in [0, 0.1) is 20.8 Å². The van der Waals surface area contributed by atoms with Gasteiger partial charge in [-0.25, -0.2) is 37.7 Å². The molecule has 0 spiro atoms. The Hall–Kier alpha value is -10.7. The first-order valence-corrected chi connectivity index (χ1v) is 58.3. The van der Waals surface area contributed by atoms with E-state index >= 15 is 0 Å². The van der Waals surface area contributed by atoms with Crippen molar-refractivity contribution in [2.75, 3.05) is 85.8 Å². The number of allylic oxidation sites excluding steroid dienone is 4. The van der Waals surface area contributed by atoms with E-state index in [1.165, 1.54) is 40.8 Å². The predicted molar refractivity (Wildman–Crippen MR) is 536 cm³/mol. The summed E-state index contributed by atoms with van der Waals surface area (Å²) in [6.07, 6.45) is 7.22. The SMILES string of the molecule is C.CC(=O)OO.CCC(=O)O[C@H](C)OP(=O)(CCNC/C(C)=C/Cc1c(CCC[Si](C)(C)C)c2c(c(C)c1OC)COC2=O)Oc1ccccc1.CCC(=O)O[C@H](C)OP(=O)(CCNC/C(C)=C/Cc1c(O)c2c(c(C)c1OC)COC2=O)Oc1ccccc1.CCOC(=O)[C@H](C)OP(=O)(CCNC(C)=O)Oc1ccccc1.COc1c(C)c2c(c(OCC[Si](C)(C)C)c1C/C=C(\C)C=O)C(=O)OC2. The summed E-state index contributed by atoms with van der Waals surface area (Å²) >= 11 is 0. The van der Waals surface area contributed by atoms with Crippen molar-refractivity contribution in [1.29, 1.82) is 0 Å². The molecule has 0 radical (unpaired) electrons. The molecule has 6 atom stereocenters. The molecule has 3 heterocycles. The Morgan fingerprint density at radius 1 is 0.511 bits per heavy atom. The number of phenols is 1. The van der Waals surface area contributed by atoms with Gasteiger partial charge >= 0.3 is 64.6 Å². The highest BCUT2D eigenvalue weighted by atomic mass is 31.2. The first kappa shape index (κ1) is 121. The van der Waals surface area contributed by atoms with Gasteiger partial charge in [-0.2, -0.15) is 5.26 Å². The van der Waals surface area contributed by atoms with Crippen LogP contribution in [0.15, 0.2) is 126 Å². The van der Waals surface area contributed by atoms with Crippen molar-refractivity contribution >= 4 is 92.9 Å². The summed E-state index contributed by atoms with van der Waals surface area (Å²) in [6, 6.07) is 28.1. The van der Waals surface area contributed by atoms with Crippen molar-refractivity contribution in [3.05, 3.63) is 198 Å². The number of fused-ring (bicyclic) bond motifs is 3. The van der Waals surface area contributed by atoms with E-state index in [9.17, 15) is 62.0 Å². The van der Waals surface area contributed by atoms with Gasteiger partial charge in [0.05, 0.1) is 58.6 Å². The van der Waals surface area contributed by atoms with Crippen molar-refractivity contribution in [2.45, 2.75) is 239 Å². The largest absolute Gasteiger partial charge is 0.507 e. The van der Waals surface area contributed by atoms with Crippen LogP contribution in [-0.2, 0) is 135 Å². The lowest BCUT2D eigenvalue weighted by Crippen LogP contribution is -2.27. The monoisotopic (exact) mass is 2030 g/mol. The van der Waals surface area contributed by atoms with Crippen molar-refractivity contribution in [3.63, 3.8) is 0 Å². The number of esters is 6. The molecule has 0 saturated heterocycles. The molecular formula is C100H144N3O31P3Si2. The molecule has 3 aliphatic heterocycles. The Balaban J connectivity index is 0.000000391. The van der Waals surface area contributed by atoms with E-state index in [-0.39, 0.29) is 101 Å². The molecule has 139 heavy (non-hydrogen) atoms. The fraction of sp³-hybridized carbons (Fsp3) is 0.490. The summed E-state index contributed by atoms with van der Waals surface area (Å²) in [5.74, 6) is -0.0159. The van der Waals surface area contributed by atoms with Gasteiger partial charge in [-0.05, 0) is 165 Å². The molecule has 0 aromatic heterocycles. The van der Waals surface area contributed by atoms with Gasteiger partial charge in [-0.1, -0.05) is 157 Å². The second-order valence-electron chi connectivity index (χ2n) is 34.9. The number of amides is 1. The van der Waals surface area contributed by atoms with Gasteiger partial charge in [0.15, 0.2) is 6.10 Å². The molecule has 0 saturated carbocycles. The van der Waals surface area contributed by atoms with Gasteiger partial charge in [-0.3, -0.25) is 32.7 Å². The topological polar surface area (TPSA) is 438 Å². The normalized spacial score (nSPS) is 14.4. The fourth-order valence-corrected chi connectivity index (χ4v) is 20.9. The van der Waals surface area contributed by atoms with E-state index < -0.39 is 87.5 Å². The lowest BCUT2D eigenvalue weighted by molar-refractivity contribution is -0.231. The number of cyclic esters (lactones) is 3. The number of hydrogen-bond acceptors (Lipinski definition) is 33. The van der Waals surface area contributed by atoms with E-state index in [1.807, 2.05) is 58.9 Å². The summed E-state index contributed by atoms with van der Waals surface area (Å²) in [5, 5.41) is 27.2. The lowest BCUT2D eigenvalue weighted by Gasteiger charge is -2.23. The Labute approximate surface area is 820 Å². The zero-order valence-electron chi connectivity index (χ0n) is 83.8. The Morgan fingerprint density at radius 2 is 0.892 bits per heavy atom. The maximum Gasteiger partial charge on any atom is 0.383 e. The third-order valence-electron chi connectivity index (χ3n) is 21.2. The Bertz CT molecular complexity index is 5350. The van der Waals surface area contributed by atoms with Gasteiger partial charge in [0.2, 0.25) is 18.5 Å². The van der Waals surface area contributed by atoms with Gasteiger partial charge in [0, 0.05) is 109 Å². The van der Waals surface area contributed by atoms with Crippen LogP contribution < -0.4 is 48.5 Å². The molecular weight excluding hydrogens is 1890 g/mol. The molecule has 9 rings (SSSR count). The highest BCUT2D eigenvalue weighted by Crippen LogP contribution is 2.53. The molecule has 39 heteroatoms. The molecule has 1 amide bonds. The zero-order valence-corrected chi connectivity index (χ0v) is 88.5. The summed E-state index contributed by atoms with van der Waals surface area (Å²) < 4.78 is 128. The van der Waals surface area contributed by atoms with Crippen molar-refractivity contribution in [2.24, 2.45) is 0 Å². The van der Waals surface area contributed by atoms with Crippen molar-refractivity contribution in [1.82, 2.24) is 16.0 Å². The van der Waals surface area contributed by atoms with E-state index in [2.05, 4.69) is 66.2 Å². The van der Waals surface area contributed by atoms with Gasteiger partial charge in [0.25, 0.3) is 0 Å². The number of aldehydes is 1. The number of para-hydroxylation sites is 3. The zero-order chi connectivity index (χ0) is 103. The third-order valence-corrected chi connectivity index (χ3v) is 30.4. The number of rotatable bonds is 49. The van der Waals surface area contributed by atoms with Crippen LogP contribution in [0.25, 0.3) is 0 Å². The molecule has 3 unspecified atom stereocenters. The number of phenolic OH excluding ortho intramolecular Hbond substituents is 1. The van der Waals surface area contributed by atoms with Crippen LogP contribution in [0.2, 0.25) is 51.4 Å². The molecule has 0 fully saturated rings. The van der Waals surface area contributed by atoms with Crippen LogP contribution in [-0.4, -0.2) is 185 Å². The number of aromatic hydroxyl groups is 1. The number of benzene rings is 6. The molecule has 5 N–H and O–H groups in total. The molecule has 3 aliphatic rings. The number of methoxy groups -OCH3 is 3. The van der Waals surface area contributed by atoms with Crippen LogP contribution in [0.4, 0.5) is 0 Å². The Kier molecular flexibility index (Phi) is 51.3. The number of hydrogen-bond donors (Lipinski definition) is 5. The molecule has 0 bridgehead atoms. The smallest absolute Gasteiger partial charge is 0.383 e. The van der Waals surface area contributed by atoms with Crippen LogP contribution in [0.1, 0.15) is 190 Å². The molecule has 0 aliphatic carbocycles. The van der Waals surface area contributed by atoms with E-state index in [0.29, 0.717) is 109 Å². The highest BCUT2D eigenvalue weighted by Gasteiger charge is 2.39. The number of carbonyl (C=O) groups excluding carboxylic acids is 9. The van der Waals surface area contributed by atoms with E-state index in [0.717, 1.165) is 99.1 Å². The first-order valence-electron chi connectivity index (χ1n) is 45.7. The minimum Gasteiger partial charge on any atom is -0.507 e. The van der Waals surface area contributed by atoms with E-state index in [4.69, 9.17) is 79.8 Å². The van der Waals surface area contributed by atoms with Gasteiger partial charge in [-0.15, -0.1) is 0 Å². The maximum absolute atomic E-state index is 13.7. The highest BCUT2D eigenvalue weighted by molar-refractivity contribution is 7.55. The number of ether oxygens (including phenoxy) is 10. The first-order chi connectivity index (χ1) is 65.2. The summed E-state index contributed by atoms with van der Waals surface area (Å²) in [6.45, 7) is 40.5. The number of carbonyl (C=O) groups is 9. The summed E-state index contributed by atoms with van der Waals surface area (Å²) in [4.78, 5) is 107. The number of nitrogens with one attached hydrogen (secondary N) is 3. The minimum atomic E-state index is -3.68. The van der Waals surface area contributed by atoms with E-state index in [1.54, 1.807) is 121 Å². The van der Waals surface area contributed by atoms with Crippen LogP contribution >= 0.6 is 22.8 Å². The molecule has 768 valence electrons. The van der Waals surface area contributed by atoms with Crippen LogP contribution in [0.5, 0.6) is 46.0 Å². The molecule has 6 aromatic carbocycles. The molecule has 6 aromatic rings. The fourth-order valence-electron chi connectivity index (χ4n) is 14.1. The summed E-state index contributed by atoms with van der Waals surface area (Å²) in [5.41, 5.74) is 12.5. The predicted octanol–water partition coefficient (Wildman–Crippen LogP) is 19.8. The maximum atomic E-state index is 13.7. The second kappa shape index (κ2) is 59.1. The second-order valence-corrected chi connectivity index (χ2v) is 52.3. The van der Waals surface area contributed by atoms with Gasteiger partial charge in [0.1, 0.15) is 83.2 Å². The van der Waals surface area contributed by atoms with Crippen molar-refractivity contribution in [3.8, 4) is 46.0 Å². The lowest BCUT2D eigenvalue weighted by atomic mass is 9.88. The average molecular weight is 2030 g/mol. The Morgan fingerprint density at radius 3 is 1.29 bits per heavy atom. The van der Waals surface area contributed by atoms with Crippen molar-refractivity contribution < 1.29 is 147 Å². The average Bonchev–Trinajstić information content (AvgIpc) is 1.83.